The number of alkyl carbamates (subject to hydrolysis) is 1. The number of carbonyl (C=O) groups is 3. The van der Waals surface area contributed by atoms with Crippen LogP contribution in [-0.4, -0.2) is 35.8 Å². The molecule has 0 aliphatic rings. The highest BCUT2D eigenvalue weighted by Gasteiger charge is 2.26. The molecule has 0 aliphatic carbocycles. The number of benzene rings is 1. The molecule has 7 heteroatoms. The molecule has 1 rings (SSSR count). The summed E-state index contributed by atoms with van der Waals surface area (Å²) >= 11 is 0. The third-order valence-electron chi connectivity index (χ3n) is 2.97. The average Bonchev–Trinajstić information content (AvgIpc) is 2.50. The van der Waals surface area contributed by atoms with Crippen LogP contribution in [0.2, 0.25) is 0 Å². The van der Waals surface area contributed by atoms with Crippen LogP contribution in [0.15, 0.2) is 30.3 Å². The van der Waals surface area contributed by atoms with Crippen molar-refractivity contribution >= 4 is 18.0 Å². The molecule has 0 spiro atoms. The van der Waals surface area contributed by atoms with Gasteiger partial charge in [0.2, 0.25) is 0 Å². The number of hydrogen-bond acceptors (Lipinski definition) is 5. The zero-order valence-electron chi connectivity index (χ0n) is 13.2. The van der Waals surface area contributed by atoms with Gasteiger partial charge in [-0.25, -0.2) is 9.59 Å². The van der Waals surface area contributed by atoms with Crippen molar-refractivity contribution in [3.05, 3.63) is 35.9 Å². The van der Waals surface area contributed by atoms with Gasteiger partial charge in [-0.2, -0.15) is 0 Å². The van der Waals surface area contributed by atoms with Crippen LogP contribution in [0.3, 0.4) is 0 Å². The van der Waals surface area contributed by atoms with Gasteiger partial charge in [-0.1, -0.05) is 44.2 Å². The zero-order chi connectivity index (χ0) is 17.2. The molecule has 2 N–H and O–H groups in total. The summed E-state index contributed by atoms with van der Waals surface area (Å²) in [5, 5.41) is 11.0. The van der Waals surface area contributed by atoms with Crippen molar-refractivity contribution in [3.63, 3.8) is 0 Å². The van der Waals surface area contributed by atoms with Crippen LogP contribution in [0.5, 0.6) is 0 Å². The second-order valence-corrected chi connectivity index (χ2v) is 5.24. The Kier molecular flexibility index (Phi) is 7.59. The molecule has 1 aromatic carbocycles. The van der Waals surface area contributed by atoms with Gasteiger partial charge in [-0.15, -0.1) is 0 Å². The lowest BCUT2D eigenvalue weighted by atomic mass is 10.1. The Bertz CT molecular complexity index is 529. The minimum absolute atomic E-state index is 0.0888. The molecule has 0 saturated heterocycles. The monoisotopic (exact) mass is 323 g/mol. The van der Waals surface area contributed by atoms with Crippen molar-refractivity contribution in [2.75, 3.05) is 6.61 Å². The summed E-state index contributed by atoms with van der Waals surface area (Å²) in [5.74, 6) is -1.97. The van der Waals surface area contributed by atoms with Crippen molar-refractivity contribution < 1.29 is 29.0 Å². The maximum absolute atomic E-state index is 11.9. The number of carboxylic acid groups (broad SMARTS) is 1. The first kappa shape index (κ1) is 18.5. The quantitative estimate of drug-likeness (QED) is 0.709. The van der Waals surface area contributed by atoms with Crippen LogP contribution in [0.25, 0.3) is 0 Å². The second-order valence-electron chi connectivity index (χ2n) is 5.24. The summed E-state index contributed by atoms with van der Waals surface area (Å²) < 4.78 is 9.90. The van der Waals surface area contributed by atoms with Crippen molar-refractivity contribution in [2.24, 2.45) is 5.92 Å². The van der Waals surface area contributed by atoms with Crippen LogP contribution in [0.4, 0.5) is 4.79 Å². The van der Waals surface area contributed by atoms with Crippen LogP contribution >= 0.6 is 0 Å². The average molecular weight is 323 g/mol. The number of rotatable bonds is 8. The summed E-state index contributed by atoms with van der Waals surface area (Å²) in [6.45, 7) is 3.32. The molecule has 0 fully saturated rings. The van der Waals surface area contributed by atoms with Crippen LogP contribution in [-0.2, 0) is 25.7 Å². The van der Waals surface area contributed by atoms with E-state index in [-0.39, 0.29) is 25.6 Å². The first-order valence-electron chi connectivity index (χ1n) is 7.25. The number of carbonyl (C=O) groups excluding carboxylic acids is 2. The fourth-order valence-electron chi connectivity index (χ4n) is 1.72. The van der Waals surface area contributed by atoms with Gasteiger partial charge in [0.25, 0.3) is 0 Å². The predicted molar refractivity (Wildman–Crippen MR) is 81.6 cm³/mol. The second kappa shape index (κ2) is 9.45. The highest BCUT2D eigenvalue weighted by molar-refractivity contribution is 5.81. The fraction of sp³-hybridized carbons (Fsp3) is 0.438. The van der Waals surface area contributed by atoms with Crippen LogP contribution < -0.4 is 5.32 Å². The highest BCUT2D eigenvalue weighted by atomic mass is 16.6. The Morgan fingerprint density at radius 2 is 1.78 bits per heavy atom. The molecule has 23 heavy (non-hydrogen) atoms. The van der Waals surface area contributed by atoms with Crippen LogP contribution in [0, 0.1) is 5.92 Å². The summed E-state index contributed by atoms with van der Waals surface area (Å²) in [7, 11) is 0. The van der Waals surface area contributed by atoms with Gasteiger partial charge in [0.15, 0.2) is 0 Å². The molecule has 0 aliphatic heterocycles. The van der Waals surface area contributed by atoms with Crippen LogP contribution in [0.1, 0.15) is 25.8 Å². The summed E-state index contributed by atoms with van der Waals surface area (Å²) in [6.07, 6.45) is -1.02. The van der Waals surface area contributed by atoms with Gasteiger partial charge in [0.1, 0.15) is 19.3 Å². The van der Waals surface area contributed by atoms with E-state index >= 15 is 0 Å². The number of nitrogens with one attached hydrogen (secondary N) is 1. The maximum atomic E-state index is 11.9. The van der Waals surface area contributed by atoms with Crippen molar-refractivity contribution in [3.8, 4) is 0 Å². The molecular weight excluding hydrogens is 302 g/mol. The Hall–Kier alpha value is -2.57. The van der Waals surface area contributed by atoms with E-state index in [0.717, 1.165) is 5.56 Å². The van der Waals surface area contributed by atoms with E-state index < -0.39 is 24.1 Å². The fourth-order valence-corrected chi connectivity index (χ4v) is 1.72. The van der Waals surface area contributed by atoms with E-state index in [1.54, 1.807) is 13.8 Å². The van der Waals surface area contributed by atoms with E-state index in [2.05, 4.69) is 5.32 Å². The Morgan fingerprint density at radius 1 is 1.13 bits per heavy atom. The number of carboxylic acids is 1. The van der Waals surface area contributed by atoms with Gasteiger partial charge < -0.3 is 19.9 Å². The van der Waals surface area contributed by atoms with Gasteiger partial charge in [-0.05, 0) is 11.5 Å². The normalized spacial score (nSPS) is 11.6. The summed E-state index contributed by atoms with van der Waals surface area (Å²) in [6, 6.07) is 8.24. The highest BCUT2D eigenvalue weighted by Crippen LogP contribution is 2.06. The Morgan fingerprint density at radius 3 is 2.35 bits per heavy atom. The third kappa shape index (κ3) is 7.30. The summed E-state index contributed by atoms with van der Waals surface area (Å²) in [4.78, 5) is 34.1. The molecule has 0 unspecified atom stereocenters. The molecule has 0 aromatic heterocycles. The van der Waals surface area contributed by atoms with Crippen molar-refractivity contribution in [1.29, 1.82) is 0 Å². The van der Waals surface area contributed by atoms with E-state index in [1.807, 2.05) is 30.3 Å². The molecule has 0 heterocycles. The van der Waals surface area contributed by atoms with Gasteiger partial charge >= 0.3 is 18.0 Å². The van der Waals surface area contributed by atoms with Crippen molar-refractivity contribution in [2.45, 2.75) is 32.9 Å². The lowest BCUT2D eigenvalue weighted by Gasteiger charge is -2.20. The smallest absolute Gasteiger partial charge is 0.408 e. The van der Waals surface area contributed by atoms with Gasteiger partial charge in [-0.3, -0.25) is 4.79 Å². The first-order chi connectivity index (χ1) is 10.9. The predicted octanol–water partition coefficient (Wildman–Crippen LogP) is 1.96. The Balaban J connectivity index is 2.46. The SMILES string of the molecule is CC(C)[C@H](NC(=O)OCc1ccccc1)C(=O)OCCC(=O)O. The minimum atomic E-state index is -1.06. The van der Waals surface area contributed by atoms with Crippen molar-refractivity contribution in [1.82, 2.24) is 5.32 Å². The molecule has 1 atom stereocenters. The van der Waals surface area contributed by atoms with E-state index in [4.69, 9.17) is 14.6 Å². The lowest BCUT2D eigenvalue weighted by molar-refractivity contribution is -0.149. The van der Waals surface area contributed by atoms with Gasteiger partial charge in [0, 0.05) is 0 Å². The molecule has 126 valence electrons. The van der Waals surface area contributed by atoms with E-state index in [1.165, 1.54) is 0 Å². The zero-order valence-corrected chi connectivity index (χ0v) is 13.2. The summed E-state index contributed by atoms with van der Waals surface area (Å²) in [5.41, 5.74) is 0.827. The minimum Gasteiger partial charge on any atom is -0.481 e. The first-order valence-corrected chi connectivity index (χ1v) is 7.25. The largest absolute Gasteiger partial charge is 0.481 e. The Labute approximate surface area is 134 Å². The van der Waals surface area contributed by atoms with E-state index in [9.17, 15) is 14.4 Å². The molecule has 7 nitrogen and oxygen atoms in total. The number of ether oxygens (including phenoxy) is 2. The third-order valence-corrected chi connectivity index (χ3v) is 2.97. The molecule has 0 radical (unpaired) electrons. The lowest BCUT2D eigenvalue weighted by Crippen LogP contribution is -2.45. The topological polar surface area (TPSA) is 102 Å². The molecule has 1 aromatic rings. The number of esters is 1. The molecule has 0 saturated carbocycles. The van der Waals surface area contributed by atoms with Gasteiger partial charge in [0.05, 0.1) is 6.42 Å². The molecule has 0 bridgehead atoms. The molecular formula is C16H21NO6. The molecule has 1 amide bonds. The number of amides is 1. The number of aliphatic carboxylic acids is 1. The van der Waals surface area contributed by atoms with E-state index in [0.29, 0.717) is 0 Å². The maximum Gasteiger partial charge on any atom is 0.408 e. The number of hydrogen-bond donors (Lipinski definition) is 2. The standard InChI is InChI=1S/C16H21NO6/c1-11(2)14(15(20)22-9-8-13(18)19)17-16(21)23-10-12-6-4-3-5-7-12/h3-7,11,14H,8-10H2,1-2H3,(H,17,21)(H,18,19)/t14-/m0/s1.